The Balaban J connectivity index is 1.85. The lowest BCUT2D eigenvalue weighted by Gasteiger charge is -2.16. The second-order valence-corrected chi connectivity index (χ2v) is 8.60. The molecule has 2 aromatic heterocycles. The number of halogens is 1. The van der Waals surface area contributed by atoms with Gasteiger partial charge in [-0.05, 0) is 25.0 Å². The lowest BCUT2D eigenvalue weighted by Crippen LogP contribution is -2.21. The van der Waals surface area contributed by atoms with Crippen LogP contribution < -0.4 is 10.9 Å². The molecule has 0 saturated carbocycles. The number of hydrogen-bond donors (Lipinski definition) is 2. The fourth-order valence-electron chi connectivity index (χ4n) is 2.73. The highest BCUT2D eigenvalue weighted by molar-refractivity contribution is 7.91. The molecule has 0 aliphatic carbocycles. The third-order valence-electron chi connectivity index (χ3n) is 4.02. The van der Waals surface area contributed by atoms with Gasteiger partial charge in [-0.25, -0.2) is 4.98 Å². The summed E-state index contributed by atoms with van der Waals surface area (Å²) in [5, 5.41) is 4.94. The molecule has 2 N–H and O–H groups in total. The van der Waals surface area contributed by atoms with E-state index in [1.54, 1.807) is 24.4 Å². The number of aromatic nitrogens is 3. The van der Waals surface area contributed by atoms with Gasteiger partial charge in [0, 0.05) is 34.4 Å². The highest BCUT2D eigenvalue weighted by Crippen LogP contribution is 2.23. The summed E-state index contributed by atoms with van der Waals surface area (Å²) in [7, 11) is 0. The van der Waals surface area contributed by atoms with Crippen LogP contribution in [0.4, 0.5) is 5.95 Å². The van der Waals surface area contributed by atoms with Gasteiger partial charge >= 0.3 is 0 Å². The molecule has 1 aromatic carbocycles. The Labute approximate surface area is 165 Å². The predicted molar refractivity (Wildman–Crippen MR) is 110 cm³/mol. The molecule has 3 aromatic rings. The van der Waals surface area contributed by atoms with Gasteiger partial charge in [0.05, 0.1) is 16.6 Å². The van der Waals surface area contributed by atoms with Gasteiger partial charge in [0.2, 0.25) is 11.0 Å². The topological polar surface area (TPSA) is 93.7 Å². The minimum absolute atomic E-state index is 0.227. The summed E-state index contributed by atoms with van der Waals surface area (Å²) in [6.07, 6.45) is 1.57. The Morgan fingerprint density at radius 1 is 1.30 bits per heavy atom. The van der Waals surface area contributed by atoms with Crippen molar-refractivity contribution in [3.8, 4) is 0 Å². The van der Waals surface area contributed by atoms with E-state index in [1.165, 1.54) is 0 Å². The van der Waals surface area contributed by atoms with Gasteiger partial charge in [-0.2, -0.15) is 4.98 Å². The van der Waals surface area contributed by atoms with Crippen LogP contribution in [0.25, 0.3) is 10.9 Å². The lowest BCUT2D eigenvalue weighted by molar-refractivity contribution is 0.577. The minimum atomic E-state index is -1.18. The Hall–Kier alpha value is -2.09. The summed E-state index contributed by atoms with van der Waals surface area (Å²) in [6, 6.07) is 8.57. The fourth-order valence-corrected chi connectivity index (χ4v) is 4.14. The zero-order valence-corrected chi connectivity index (χ0v) is 16.9. The maximum absolute atomic E-state index is 12.5. The molecule has 0 aliphatic rings. The molecule has 142 valence electrons. The van der Waals surface area contributed by atoms with E-state index in [0.717, 1.165) is 5.39 Å². The van der Waals surface area contributed by atoms with Crippen molar-refractivity contribution in [1.29, 1.82) is 0 Å². The van der Waals surface area contributed by atoms with Gasteiger partial charge in [0.25, 0.3) is 5.56 Å². The average Bonchev–Trinajstić information content (AvgIpc) is 2.61. The number of aromatic amines is 1. The number of nitrogens with zero attached hydrogens (tertiary/aromatic N) is 2. The van der Waals surface area contributed by atoms with Gasteiger partial charge in [0.15, 0.2) is 0 Å². The summed E-state index contributed by atoms with van der Waals surface area (Å²) in [5.74, 6) is 1.18. The average molecular weight is 405 g/mol. The van der Waals surface area contributed by atoms with Crippen molar-refractivity contribution in [2.75, 3.05) is 11.1 Å². The minimum Gasteiger partial charge on any atom is -0.610 e. The Bertz CT molecular complexity index is 1010. The predicted octanol–water partition coefficient (Wildman–Crippen LogP) is 3.91. The molecule has 2 heterocycles. The third-order valence-corrected chi connectivity index (χ3v) is 6.00. The molecule has 0 radical (unpaired) electrons. The standard InChI is InChI=1S/C19H21ClN4O2S/c1-11(2)10-27(26)16-7-8-21-19(23-16)22-12(3)14-9-13-5-4-6-15(20)17(13)24-18(14)25/h4-9,11-12H,10H2,1-3H3,(H,24,25)(H,21,22,23)/t12-,27+/m0/s1. The molecule has 8 heteroatoms. The van der Waals surface area contributed by atoms with E-state index >= 15 is 0 Å². The van der Waals surface area contributed by atoms with Gasteiger partial charge < -0.3 is 14.9 Å². The number of rotatable bonds is 6. The van der Waals surface area contributed by atoms with Crippen LogP contribution in [0.3, 0.4) is 0 Å². The molecule has 0 bridgehead atoms. The van der Waals surface area contributed by atoms with Crippen LogP contribution in [0.2, 0.25) is 5.02 Å². The van der Waals surface area contributed by atoms with Crippen LogP contribution >= 0.6 is 11.6 Å². The molecule has 3 rings (SSSR count). The van der Waals surface area contributed by atoms with Gasteiger partial charge in [0.1, 0.15) is 5.75 Å². The number of benzene rings is 1. The van der Waals surface area contributed by atoms with Crippen LogP contribution in [-0.4, -0.2) is 25.3 Å². The highest BCUT2D eigenvalue weighted by Gasteiger charge is 2.18. The smallest absolute Gasteiger partial charge is 0.253 e. The summed E-state index contributed by atoms with van der Waals surface area (Å²) < 4.78 is 12.3. The monoisotopic (exact) mass is 404 g/mol. The maximum Gasteiger partial charge on any atom is 0.253 e. The van der Waals surface area contributed by atoms with Crippen LogP contribution in [0.1, 0.15) is 32.4 Å². The van der Waals surface area contributed by atoms with Crippen LogP contribution in [0.5, 0.6) is 0 Å². The molecule has 2 atom stereocenters. The van der Waals surface area contributed by atoms with Crippen molar-refractivity contribution in [2.24, 2.45) is 5.92 Å². The molecule has 0 fully saturated rings. The van der Waals surface area contributed by atoms with E-state index in [4.69, 9.17) is 11.6 Å². The number of anilines is 1. The molecular weight excluding hydrogens is 384 g/mol. The Kier molecular flexibility index (Phi) is 6.04. The number of para-hydroxylation sites is 1. The van der Waals surface area contributed by atoms with E-state index in [-0.39, 0.29) is 11.6 Å². The van der Waals surface area contributed by atoms with Crippen molar-refractivity contribution in [3.63, 3.8) is 0 Å². The summed E-state index contributed by atoms with van der Waals surface area (Å²) in [5.41, 5.74) is 0.930. The summed E-state index contributed by atoms with van der Waals surface area (Å²) in [4.78, 5) is 23.8. The molecule has 27 heavy (non-hydrogen) atoms. The second-order valence-electron chi connectivity index (χ2n) is 6.75. The number of nitrogens with one attached hydrogen (secondary N) is 2. The van der Waals surface area contributed by atoms with Crippen LogP contribution in [0, 0.1) is 5.92 Å². The number of pyridine rings is 1. The number of hydrogen-bond acceptors (Lipinski definition) is 5. The molecule has 0 unspecified atom stereocenters. The third kappa shape index (κ3) is 4.61. The highest BCUT2D eigenvalue weighted by atomic mass is 35.5. The molecule has 0 saturated heterocycles. The first kappa shape index (κ1) is 19.7. The summed E-state index contributed by atoms with van der Waals surface area (Å²) in [6.45, 7) is 5.87. The van der Waals surface area contributed by atoms with Crippen molar-refractivity contribution in [1.82, 2.24) is 15.0 Å². The van der Waals surface area contributed by atoms with Gasteiger partial charge in [-0.3, -0.25) is 4.79 Å². The van der Waals surface area contributed by atoms with Gasteiger partial charge in [-0.1, -0.05) is 37.6 Å². The summed E-state index contributed by atoms with van der Waals surface area (Å²) >= 11 is 4.96. The SMILES string of the molecule is CC(C)C[S@@+]([O-])c1ccnc(N[C@@H](C)c2cc3cccc(Cl)c3[nH]c2=O)n1. The second kappa shape index (κ2) is 8.29. The first-order chi connectivity index (χ1) is 12.8. The number of fused-ring (bicyclic) bond motifs is 1. The maximum atomic E-state index is 12.5. The molecule has 6 nitrogen and oxygen atoms in total. The first-order valence-electron chi connectivity index (χ1n) is 8.64. The molecule has 0 aliphatic heterocycles. The quantitative estimate of drug-likeness (QED) is 0.480. The number of H-pyrrole nitrogens is 1. The zero-order chi connectivity index (χ0) is 19.6. The molecular formula is C19H21ClN4O2S. The van der Waals surface area contributed by atoms with Crippen molar-refractivity contribution in [2.45, 2.75) is 31.8 Å². The van der Waals surface area contributed by atoms with Crippen molar-refractivity contribution in [3.05, 3.63) is 57.5 Å². The van der Waals surface area contributed by atoms with E-state index in [2.05, 4.69) is 20.3 Å². The molecule has 0 amide bonds. The lowest BCUT2D eigenvalue weighted by atomic mass is 10.1. The van der Waals surface area contributed by atoms with E-state index in [1.807, 2.05) is 32.9 Å². The molecule has 0 spiro atoms. The van der Waals surface area contributed by atoms with E-state index in [0.29, 0.717) is 38.7 Å². The fraction of sp³-hybridized carbons (Fsp3) is 0.316. The van der Waals surface area contributed by atoms with Crippen molar-refractivity contribution >= 4 is 39.6 Å². The van der Waals surface area contributed by atoms with Crippen LogP contribution in [-0.2, 0) is 11.2 Å². The van der Waals surface area contributed by atoms with Gasteiger partial charge in [-0.15, -0.1) is 0 Å². The van der Waals surface area contributed by atoms with E-state index < -0.39 is 11.2 Å². The van der Waals surface area contributed by atoms with Crippen molar-refractivity contribution < 1.29 is 4.55 Å². The Morgan fingerprint density at radius 3 is 2.81 bits per heavy atom. The normalized spacial score (nSPS) is 13.7. The van der Waals surface area contributed by atoms with Crippen LogP contribution in [0.15, 0.2) is 46.3 Å². The van der Waals surface area contributed by atoms with E-state index in [9.17, 15) is 9.35 Å². The Morgan fingerprint density at radius 2 is 2.07 bits per heavy atom. The zero-order valence-electron chi connectivity index (χ0n) is 15.3. The largest absolute Gasteiger partial charge is 0.610 e. The first-order valence-corrected chi connectivity index (χ1v) is 10.3.